The topological polar surface area (TPSA) is 12.0 Å². The Morgan fingerprint density at radius 1 is 1.00 bits per heavy atom. The third kappa shape index (κ3) is 4.51. The summed E-state index contributed by atoms with van der Waals surface area (Å²) in [6.07, 6.45) is 1.13. The van der Waals surface area contributed by atoms with Crippen LogP contribution in [0.15, 0.2) is 30.3 Å². The van der Waals surface area contributed by atoms with Crippen molar-refractivity contribution in [1.29, 1.82) is 0 Å². The first kappa shape index (κ1) is 14.2. The molecule has 0 amide bonds. The van der Waals surface area contributed by atoms with Crippen LogP contribution in [0, 0.1) is 0 Å². The van der Waals surface area contributed by atoms with E-state index in [1.54, 1.807) is 0 Å². The second-order valence-electron chi connectivity index (χ2n) is 6.61. The average Bonchev–Trinajstić information content (AvgIpc) is 2.15. The maximum absolute atomic E-state index is 3.64. The molecule has 0 aliphatic heterocycles. The highest BCUT2D eigenvalue weighted by Crippen LogP contribution is 2.32. The summed E-state index contributed by atoms with van der Waals surface area (Å²) < 4.78 is 0. The molecule has 0 saturated heterocycles. The number of hydrogen-bond donors (Lipinski definition) is 1. The Balaban J connectivity index is 2.79. The zero-order valence-electron chi connectivity index (χ0n) is 12.2. The quantitative estimate of drug-likeness (QED) is 0.806. The third-order valence-corrected chi connectivity index (χ3v) is 3.12. The van der Waals surface area contributed by atoms with Gasteiger partial charge in [-0.2, -0.15) is 0 Å². The molecule has 0 fully saturated rings. The van der Waals surface area contributed by atoms with Gasteiger partial charge in [0.25, 0.3) is 0 Å². The Hall–Kier alpha value is -0.820. The first-order valence-corrected chi connectivity index (χ1v) is 6.56. The van der Waals surface area contributed by atoms with Crippen LogP contribution in [0.1, 0.15) is 53.5 Å². The van der Waals surface area contributed by atoms with Gasteiger partial charge in [-0.15, -0.1) is 0 Å². The van der Waals surface area contributed by atoms with Gasteiger partial charge in [-0.05, 0) is 31.2 Å². The fourth-order valence-electron chi connectivity index (χ4n) is 2.93. The Morgan fingerprint density at radius 3 is 2.00 bits per heavy atom. The standard InChI is InChI=1S/C16H27N/c1-13(2)17-16(5,6)12-15(3,4)14-10-8-7-9-11-14/h7-11,13,17H,12H2,1-6H3. The average molecular weight is 233 g/mol. The van der Waals surface area contributed by atoms with Crippen LogP contribution >= 0.6 is 0 Å². The highest BCUT2D eigenvalue weighted by atomic mass is 15.0. The predicted molar refractivity (Wildman–Crippen MR) is 76.4 cm³/mol. The van der Waals surface area contributed by atoms with Crippen molar-refractivity contribution < 1.29 is 0 Å². The van der Waals surface area contributed by atoms with Gasteiger partial charge in [0.2, 0.25) is 0 Å². The molecule has 0 heterocycles. The van der Waals surface area contributed by atoms with Gasteiger partial charge < -0.3 is 5.32 Å². The summed E-state index contributed by atoms with van der Waals surface area (Å²) in [5.74, 6) is 0. The van der Waals surface area contributed by atoms with Crippen molar-refractivity contribution in [2.45, 2.75) is 65.0 Å². The van der Waals surface area contributed by atoms with E-state index in [0.29, 0.717) is 6.04 Å². The van der Waals surface area contributed by atoms with E-state index in [1.807, 2.05) is 0 Å². The van der Waals surface area contributed by atoms with E-state index < -0.39 is 0 Å². The molecule has 1 rings (SSSR count). The van der Waals surface area contributed by atoms with Crippen LogP contribution in [0.3, 0.4) is 0 Å². The molecule has 1 aromatic carbocycles. The van der Waals surface area contributed by atoms with Crippen LogP contribution in [0.5, 0.6) is 0 Å². The van der Waals surface area contributed by atoms with Crippen LogP contribution in [0.4, 0.5) is 0 Å². The Kier molecular flexibility index (Phi) is 4.37. The second kappa shape index (κ2) is 5.22. The lowest BCUT2D eigenvalue weighted by Gasteiger charge is -2.37. The minimum atomic E-state index is 0.160. The Bertz CT molecular complexity index is 336. The van der Waals surface area contributed by atoms with E-state index in [4.69, 9.17) is 0 Å². The van der Waals surface area contributed by atoms with Gasteiger partial charge in [0.1, 0.15) is 0 Å². The highest BCUT2D eigenvalue weighted by Gasteiger charge is 2.30. The summed E-state index contributed by atoms with van der Waals surface area (Å²) in [4.78, 5) is 0. The molecule has 0 atom stereocenters. The molecule has 1 aromatic rings. The molecule has 0 aromatic heterocycles. The summed E-state index contributed by atoms with van der Waals surface area (Å²) in [7, 11) is 0. The first-order valence-electron chi connectivity index (χ1n) is 6.56. The van der Waals surface area contributed by atoms with E-state index >= 15 is 0 Å². The van der Waals surface area contributed by atoms with Crippen LogP contribution in [0.2, 0.25) is 0 Å². The molecule has 0 unspecified atom stereocenters. The number of nitrogens with one attached hydrogen (secondary N) is 1. The van der Waals surface area contributed by atoms with Gasteiger partial charge in [-0.3, -0.25) is 0 Å². The number of rotatable bonds is 5. The van der Waals surface area contributed by atoms with Gasteiger partial charge in [0, 0.05) is 11.6 Å². The second-order valence-corrected chi connectivity index (χ2v) is 6.61. The van der Waals surface area contributed by atoms with Crippen molar-refractivity contribution in [3.8, 4) is 0 Å². The summed E-state index contributed by atoms with van der Waals surface area (Å²) in [5.41, 5.74) is 1.78. The van der Waals surface area contributed by atoms with Crippen molar-refractivity contribution in [2.75, 3.05) is 0 Å². The van der Waals surface area contributed by atoms with E-state index in [2.05, 4.69) is 77.2 Å². The molecule has 0 spiro atoms. The Labute approximate surface area is 107 Å². The lowest BCUT2D eigenvalue weighted by Crippen LogP contribution is -2.47. The summed E-state index contributed by atoms with van der Waals surface area (Å²) >= 11 is 0. The maximum atomic E-state index is 3.64. The fourth-order valence-corrected chi connectivity index (χ4v) is 2.93. The van der Waals surface area contributed by atoms with Crippen LogP contribution in [0.25, 0.3) is 0 Å². The molecule has 1 nitrogen and oxygen atoms in total. The Morgan fingerprint density at radius 2 is 1.53 bits per heavy atom. The van der Waals surface area contributed by atoms with Crippen molar-refractivity contribution in [2.24, 2.45) is 0 Å². The van der Waals surface area contributed by atoms with Gasteiger partial charge in [-0.1, -0.05) is 58.0 Å². The molecule has 0 bridgehead atoms. The van der Waals surface area contributed by atoms with E-state index in [-0.39, 0.29) is 11.0 Å². The fraction of sp³-hybridized carbons (Fsp3) is 0.625. The number of hydrogen-bond acceptors (Lipinski definition) is 1. The van der Waals surface area contributed by atoms with Gasteiger partial charge in [-0.25, -0.2) is 0 Å². The third-order valence-electron chi connectivity index (χ3n) is 3.12. The van der Waals surface area contributed by atoms with E-state index in [9.17, 15) is 0 Å². The highest BCUT2D eigenvalue weighted by molar-refractivity contribution is 5.24. The molecule has 0 radical (unpaired) electrons. The van der Waals surface area contributed by atoms with Crippen LogP contribution in [-0.2, 0) is 5.41 Å². The minimum absolute atomic E-state index is 0.160. The zero-order valence-corrected chi connectivity index (χ0v) is 12.2. The molecule has 17 heavy (non-hydrogen) atoms. The molecule has 96 valence electrons. The zero-order chi connectivity index (χ0) is 13.1. The van der Waals surface area contributed by atoms with Crippen molar-refractivity contribution in [1.82, 2.24) is 5.32 Å². The van der Waals surface area contributed by atoms with Crippen LogP contribution < -0.4 is 5.32 Å². The maximum Gasteiger partial charge on any atom is 0.0135 e. The van der Waals surface area contributed by atoms with Gasteiger partial charge in [0.15, 0.2) is 0 Å². The smallest absolute Gasteiger partial charge is 0.0135 e. The summed E-state index contributed by atoms with van der Waals surface area (Å²) in [6.45, 7) is 13.6. The largest absolute Gasteiger partial charge is 0.310 e. The number of benzene rings is 1. The van der Waals surface area contributed by atoms with E-state index in [0.717, 1.165) is 6.42 Å². The van der Waals surface area contributed by atoms with E-state index in [1.165, 1.54) is 5.56 Å². The lowest BCUT2D eigenvalue weighted by atomic mass is 9.75. The summed E-state index contributed by atoms with van der Waals surface area (Å²) in [5, 5.41) is 3.64. The lowest BCUT2D eigenvalue weighted by molar-refractivity contribution is 0.270. The molecule has 1 heteroatoms. The normalized spacial score (nSPS) is 13.1. The summed E-state index contributed by atoms with van der Waals surface area (Å²) in [6, 6.07) is 11.3. The van der Waals surface area contributed by atoms with Crippen molar-refractivity contribution >= 4 is 0 Å². The molecule has 0 aliphatic rings. The monoisotopic (exact) mass is 233 g/mol. The van der Waals surface area contributed by atoms with Gasteiger partial charge >= 0.3 is 0 Å². The van der Waals surface area contributed by atoms with Crippen molar-refractivity contribution in [3.63, 3.8) is 0 Å². The molecule has 0 saturated carbocycles. The SMILES string of the molecule is CC(C)NC(C)(C)CC(C)(C)c1ccccc1. The molecule has 1 N–H and O–H groups in total. The molecular formula is C16H27N. The molecular weight excluding hydrogens is 206 g/mol. The minimum Gasteiger partial charge on any atom is -0.310 e. The predicted octanol–water partition coefficient (Wildman–Crippen LogP) is 4.13. The van der Waals surface area contributed by atoms with Crippen LogP contribution in [-0.4, -0.2) is 11.6 Å². The molecule has 0 aliphatic carbocycles. The first-order chi connectivity index (χ1) is 7.73. The van der Waals surface area contributed by atoms with Gasteiger partial charge in [0.05, 0.1) is 0 Å². The van der Waals surface area contributed by atoms with Crippen molar-refractivity contribution in [3.05, 3.63) is 35.9 Å².